The van der Waals surface area contributed by atoms with Gasteiger partial charge in [0.1, 0.15) is 0 Å². The normalized spacial score (nSPS) is 13.8. The molecule has 0 nitrogen and oxygen atoms in total. The average Bonchev–Trinajstić information content (AvgIpc) is 3.74. The SMILES string of the molecule is CC1(C)c2ccccc2-c2ccc(-c3ccc(-c4ccc(-c5ccc6ccc7cccc8ccc5c6c78)s4)s3)cc21. The third kappa shape index (κ3) is 3.32. The van der Waals surface area contributed by atoms with Crippen molar-refractivity contribution < 1.29 is 0 Å². The van der Waals surface area contributed by atoms with Gasteiger partial charge in [0.15, 0.2) is 0 Å². The first-order chi connectivity index (χ1) is 20.1. The van der Waals surface area contributed by atoms with Crippen molar-refractivity contribution in [3.8, 4) is 41.8 Å². The molecule has 0 atom stereocenters. The number of benzene rings is 6. The molecule has 2 aromatic heterocycles. The van der Waals surface area contributed by atoms with Crippen LogP contribution >= 0.6 is 22.7 Å². The summed E-state index contributed by atoms with van der Waals surface area (Å²) in [5.41, 5.74) is 8.26. The number of thiophene rings is 2. The molecule has 0 amide bonds. The maximum atomic E-state index is 2.43. The molecule has 1 aliphatic rings. The van der Waals surface area contributed by atoms with Crippen LogP contribution in [0.5, 0.6) is 0 Å². The Bertz CT molecular complexity index is 2280. The predicted octanol–water partition coefficient (Wildman–Crippen LogP) is 12.0. The van der Waals surface area contributed by atoms with Crippen molar-refractivity contribution in [3.05, 3.63) is 132 Å². The molecule has 194 valence electrons. The molecule has 2 heteroatoms. The quantitative estimate of drug-likeness (QED) is 0.189. The zero-order valence-corrected chi connectivity index (χ0v) is 24.5. The minimum absolute atomic E-state index is 0.0192. The van der Waals surface area contributed by atoms with Crippen molar-refractivity contribution in [3.63, 3.8) is 0 Å². The van der Waals surface area contributed by atoms with Crippen LogP contribution in [0, 0.1) is 0 Å². The molecular weight excluding hydrogens is 533 g/mol. The van der Waals surface area contributed by atoms with Crippen LogP contribution in [0.25, 0.3) is 74.1 Å². The van der Waals surface area contributed by atoms with Crippen molar-refractivity contribution in [1.29, 1.82) is 0 Å². The predicted molar refractivity (Wildman–Crippen MR) is 180 cm³/mol. The lowest BCUT2D eigenvalue weighted by Gasteiger charge is -2.21. The van der Waals surface area contributed by atoms with Crippen LogP contribution in [-0.2, 0) is 5.41 Å². The highest BCUT2D eigenvalue weighted by Crippen LogP contribution is 2.50. The van der Waals surface area contributed by atoms with Crippen LogP contribution in [-0.4, -0.2) is 0 Å². The Balaban J connectivity index is 1.10. The van der Waals surface area contributed by atoms with Crippen LogP contribution in [0.4, 0.5) is 0 Å². The van der Waals surface area contributed by atoms with Gasteiger partial charge in [-0.25, -0.2) is 0 Å². The van der Waals surface area contributed by atoms with Gasteiger partial charge in [0, 0.05) is 24.9 Å². The monoisotopic (exact) mass is 558 g/mol. The third-order valence-electron chi connectivity index (χ3n) is 9.12. The summed E-state index contributed by atoms with van der Waals surface area (Å²) in [6.07, 6.45) is 0. The minimum Gasteiger partial charge on any atom is -0.134 e. The highest BCUT2D eigenvalue weighted by Gasteiger charge is 2.35. The number of hydrogen-bond donors (Lipinski definition) is 0. The Morgan fingerprint density at radius 2 is 1.05 bits per heavy atom. The maximum Gasteiger partial charge on any atom is 0.0449 e. The summed E-state index contributed by atoms with van der Waals surface area (Å²) in [4.78, 5) is 5.31. The second-order valence-corrected chi connectivity index (χ2v) is 13.9. The summed E-state index contributed by atoms with van der Waals surface area (Å²) < 4.78 is 0. The van der Waals surface area contributed by atoms with Gasteiger partial charge in [-0.15, -0.1) is 22.7 Å². The summed E-state index contributed by atoms with van der Waals surface area (Å²) >= 11 is 3.80. The first-order valence-corrected chi connectivity index (χ1v) is 15.8. The molecule has 0 radical (unpaired) electrons. The lowest BCUT2D eigenvalue weighted by Crippen LogP contribution is -2.14. The molecule has 41 heavy (non-hydrogen) atoms. The van der Waals surface area contributed by atoms with E-state index >= 15 is 0 Å². The highest BCUT2D eigenvalue weighted by molar-refractivity contribution is 7.25. The molecule has 1 aliphatic carbocycles. The van der Waals surface area contributed by atoms with E-state index in [0.717, 1.165) is 0 Å². The fraction of sp³-hybridized carbons (Fsp3) is 0.0769. The number of rotatable bonds is 3. The van der Waals surface area contributed by atoms with Gasteiger partial charge in [-0.3, -0.25) is 0 Å². The zero-order chi connectivity index (χ0) is 27.3. The van der Waals surface area contributed by atoms with E-state index in [4.69, 9.17) is 0 Å². The van der Waals surface area contributed by atoms with Crippen LogP contribution in [0.1, 0.15) is 25.0 Å². The lowest BCUT2D eigenvalue weighted by atomic mass is 9.82. The molecule has 0 saturated heterocycles. The Morgan fingerprint density at radius 1 is 0.439 bits per heavy atom. The number of fused-ring (bicyclic) bond motifs is 3. The zero-order valence-electron chi connectivity index (χ0n) is 22.9. The summed E-state index contributed by atoms with van der Waals surface area (Å²) in [5.74, 6) is 0. The maximum absolute atomic E-state index is 2.43. The summed E-state index contributed by atoms with van der Waals surface area (Å²) in [6, 6.07) is 45.5. The molecule has 0 spiro atoms. The largest absolute Gasteiger partial charge is 0.134 e. The van der Waals surface area contributed by atoms with Crippen LogP contribution < -0.4 is 0 Å². The fourth-order valence-corrected chi connectivity index (χ4v) is 9.19. The van der Waals surface area contributed by atoms with Gasteiger partial charge in [0.25, 0.3) is 0 Å². The third-order valence-corrected chi connectivity index (χ3v) is 11.6. The summed E-state index contributed by atoms with van der Waals surface area (Å²) in [6.45, 7) is 4.71. The molecule has 6 aromatic carbocycles. The summed E-state index contributed by atoms with van der Waals surface area (Å²) in [5, 5.41) is 8.05. The van der Waals surface area contributed by atoms with Crippen molar-refractivity contribution in [2.45, 2.75) is 19.3 Å². The van der Waals surface area contributed by atoms with Gasteiger partial charge >= 0.3 is 0 Å². The molecule has 0 N–H and O–H groups in total. The van der Waals surface area contributed by atoms with Crippen molar-refractivity contribution in [1.82, 2.24) is 0 Å². The van der Waals surface area contributed by atoms with E-state index < -0.39 is 0 Å². The Morgan fingerprint density at radius 3 is 1.88 bits per heavy atom. The lowest BCUT2D eigenvalue weighted by molar-refractivity contribution is 0.660. The van der Waals surface area contributed by atoms with Gasteiger partial charge in [-0.2, -0.15) is 0 Å². The first kappa shape index (κ1) is 23.5. The topological polar surface area (TPSA) is 0 Å². The molecule has 0 unspecified atom stereocenters. The van der Waals surface area contributed by atoms with Crippen LogP contribution in [0.3, 0.4) is 0 Å². The molecule has 8 aromatic rings. The van der Waals surface area contributed by atoms with Gasteiger partial charge in [0.05, 0.1) is 0 Å². The van der Waals surface area contributed by atoms with E-state index in [1.807, 2.05) is 22.7 Å². The van der Waals surface area contributed by atoms with Crippen molar-refractivity contribution in [2.75, 3.05) is 0 Å². The fourth-order valence-electron chi connectivity index (χ4n) is 7.05. The standard InChI is InChI=1S/C39H26S2/c1-39(2)31-9-4-3-8-27(31)28-15-14-26(22-32(28)39)33-18-20-35(40-33)36-21-19-34(41-36)29-16-12-25-11-10-23-6-5-7-24-13-17-30(29)38(25)37(23)24/h3-22H,1-2H3. The van der Waals surface area contributed by atoms with Crippen LogP contribution in [0.2, 0.25) is 0 Å². The second kappa shape index (κ2) is 8.39. The molecule has 0 fully saturated rings. The van der Waals surface area contributed by atoms with E-state index in [1.165, 1.54) is 85.2 Å². The number of hydrogen-bond acceptors (Lipinski definition) is 2. The van der Waals surface area contributed by atoms with E-state index in [2.05, 4.69) is 135 Å². The molecule has 9 rings (SSSR count). The minimum atomic E-state index is 0.0192. The van der Waals surface area contributed by atoms with Gasteiger partial charge in [-0.05, 0) is 96.0 Å². The van der Waals surface area contributed by atoms with E-state index in [-0.39, 0.29) is 5.41 Å². The van der Waals surface area contributed by atoms with Gasteiger partial charge < -0.3 is 0 Å². The average molecular weight is 559 g/mol. The Labute approximate surface area is 247 Å². The van der Waals surface area contributed by atoms with Crippen LogP contribution in [0.15, 0.2) is 121 Å². The van der Waals surface area contributed by atoms with Gasteiger partial charge in [-0.1, -0.05) is 105 Å². The van der Waals surface area contributed by atoms with E-state index in [9.17, 15) is 0 Å². The molecule has 0 saturated carbocycles. The Hall–Kier alpha value is -4.24. The highest BCUT2D eigenvalue weighted by atomic mass is 32.1. The van der Waals surface area contributed by atoms with E-state index in [0.29, 0.717) is 0 Å². The second-order valence-electron chi connectivity index (χ2n) is 11.7. The molecule has 2 heterocycles. The molecule has 0 bridgehead atoms. The van der Waals surface area contributed by atoms with Crippen molar-refractivity contribution in [2.24, 2.45) is 0 Å². The first-order valence-electron chi connectivity index (χ1n) is 14.2. The summed E-state index contributed by atoms with van der Waals surface area (Å²) in [7, 11) is 0. The van der Waals surface area contributed by atoms with Gasteiger partial charge in [0.2, 0.25) is 0 Å². The van der Waals surface area contributed by atoms with E-state index in [1.54, 1.807) is 0 Å². The molecular formula is C39H26S2. The Kier molecular flexibility index (Phi) is 4.80. The van der Waals surface area contributed by atoms with Crippen molar-refractivity contribution >= 4 is 55.0 Å². The smallest absolute Gasteiger partial charge is 0.0449 e. The molecule has 0 aliphatic heterocycles.